The van der Waals surface area contributed by atoms with E-state index >= 15 is 0 Å². The first-order valence-corrected chi connectivity index (χ1v) is 3.96. The summed E-state index contributed by atoms with van der Waals surface area (Å²) in [5, 5.41) is 0. The van der Waals surface area contributed by atoms with Crippen molar-refractivity contribution in [1.29, 1.82) is 0 Å². The molecular formula is CH4O4Se. The maximum absolute atomic E-state index is 9.41. The van der Waals surface area contributed by atoms with Gasteiger partial charge < -0.3 is 0 Å². The zero-order valence-electron chi connectivity index (χ0n) is 3.08. The molecule has 0 heterocycles. The summed E-state index contributed by atoms with van der Waals surface area (Å²) in [7, 11) is 0.903. The van der Waals surface area contributed by atoms with Crippen LogP contribution in [0.2, 0.25) is 0 Å². The Morgan fingerprint density at radius 1 is 1.67 bits per heavy atom. The average Bonchev–Trinajstić information content (AvgIpc) is 1.35. The van der Waals surface area contributed by atoms with Gasteiger partial charge in [-0.05, 0) is 0 Å². The molecule has 0 amide bonds. The Labute approximate surface area is 37.0 Å². The minimum absolute atomic E-state index is 0.903. The van der Waals surface area contributed by atoms with Gasteiger partial charge in [-0.2, -0.15) is 0 Å². The van der Waals surface area contributed by atoms with E-state index in [0.29, 0.717) is 0 Å². The first kappa shape index (κ1) is 6.04. The summed E-state index contributed by atoms with van der Waals surface area (Å²) < 4.78 is 30.0. The van der Waals surface area contributed by atoms with E-state index < -0.39 is 13.4 Å². The molecule has 0 aromatic rings. The minimum atomic E-state index is -4.78. The molecule has 6 heavy (non-hydrogen) atoms. The van der Waals surface area contributed by atoms with Crippen molar-refractivity contribution in [3.8, 4) is 0 Å². The molecule has 0 aromatic carbocycles. The van der Waals surface area contributed by atoms with E-state index in [1.165, 1.54) is 0 Å². The summed E-state index contributed by atoms with van der Waals surface area (Å²) in [5.74, 6) is 0. The molecule has 4 nitrogen and oxygen atoms in total. The molecule has 1 N–H and O–H groups in total. The molecule has 0 saturated heterocycles. The average molecular weight is 159 g/mol. The predicted octanol–water partition coefficient (Wildman–Crippen LogP) is -1.08. The summed E-state index contributed by atoms with van der Waals surface area (Å²) in [6, 6.07) is 0. The summed E-state index contributed by atoms with van der Waals surface area (Å²) in [6.07, 6.45) is 0. The fourth-order valence-electron chi connectivity index (χ4n) is 0. The topological polar surface area (TPSA) is 63.6 Å². The van der Waals surface area contributed by atoms with E-state index in [1.54, 1.807) is 0 Å². The van der Waals surface area contributed by atoms with Crippen LogP contribution in [0.3, 0.4) is 0 Å². The van der Waals surface area contributed by atoms with E-state index in [9.17, 15) is 7.67 Å². The Balaban J connectivity index is 3.85. The van der Waals surface area contributed by atoms with Crippen molar-refractivity contribution in [2.45, 2.75) is 0 Å². The van der Waals surface area contributed by atoms with Gasteiger partial charge >= 0.3 is 36.2 Å². The Hall–Kier alpha value is 0.0395. The van der Waals surface area contributed by atoms with E-state index in [2.05, 4.69) is 3.82 Å². The van der Waals surface area contributed by atoms with Gasteiger partial charge in [0.2, 0.25) is 0 Å². The maximum atomic E-state index is 9.41. The van der Waals surface area contributed by atoms with Crippen molar-refractivity contribution in [2.75, 3.05) is 7.11 Å². The number of hydrogen-bond acceptors (Lipinski definition) is 3. The van der Waals surface area contributed by atoms with Gasteiger partial charge in [0, 0.05) is 0 Å². The van der Waals surface area contributed by atoms with Crippen LogP contribution >= 0.6 is 0 Å². The SMILES string of the molecule is CO[Se](=O)(=O)O. The van der Waals surface area contributed by atoms with Crippen molar-refractivity contribution >= 4 is 13.4 Å². The van der Waals surface area contributed by atoms with Gasteiger partial charge in [-0.15, -0.1) is 0 Å². The van der Waals surface area contributed by atoms with Crippen molar-refractivity contribution in [3.05, 3.63) is 0 Å². The molecule has 0 fully saturated rings. The standard InChI is InChI=1S/CH4O4Se/c1-5-6(2,3)4/h1H3,(H,2,3,4). The molecule has 0 atom stereocenters. The molecule has 0 saturated carbocycles. The van der Waals surface area contributed by atoms with Gasteiger partial charge in [0.05, 0.1) is 0 Å². The summed E-state index contributed by atoms with van der Waals surface area (Å²) in [6.45, 7) is 0. The Morgan fingerprint density at radius 2 is 1.83 bits per heavy atom. The third-order valence-electron chi connectivity index (χ3n) is 0.211. The van der Waals surface area contributed by atoms with E-state index in [1.807, 2.05) is 0 Å². The normalized spacial score (nSPS) is 11.7. The summed E-state index contributed by atoms with van der Waals surface area (Å²) in [5.41, 5.74) is 0. The fourth-order valence-corrected chi connectivity index (χ4v) is 0. The molecule has 0 unspecified atom stereocenters. The Bertz CT molecular complexity index is 110. The van der Waals surface area contributed by atoms with Gasteiger partial charge in [-0.1, -0.05) is 0 Å². The monoisotopic (exact) mass is 160 g/mol. The van der Waals surface area contributed by atoms with Crippen molar-refractivity contribution in [1.82, 2.24) is 0 Å². The van der Waals surface area contributed by atoms with Crippen LogP contribution in [0.25, 0.3) is 0 Å². The van der Waals surface area contributed by atoms with Crippen LogP contribution in [0.5, 0.6) is 0 Å². The quantitative estimate of drug-likeness (QED) is 0.494. The third kappa shape index (κ3) is 4.04. The van der Waals surface area contributed by atoms with Crippen LogP contribution in [-0.4, -0.2) is 24.7 Å². The first-order chi connectivity index (χ1) is 2.56. The number of hydrogen-bond donors (Lipinski definition) is 1. The molecule has 0 aliphatic rings. The van der Waals surface area contributed by atoms with Gasteiger partial charge in [0.15, 0.2) is 0 Å². The molecule has 0 aromatic heterocycles. The second-order valence-corrected chi connectivity index (χ2v) is 3.09. The molecule has 38 valence electrons. The predicted molar refractivity (Wildman–Crippen MR) is 16.4 cm³/mol. The van der Waals surface area contributed by atoms with E-state index in [-0.39, 0.29) is 0 Å². The molecule has 0 aliphatic carbocycles. The molecule has 0 spiro atoms. The Morgan fingerprint density at radius 3 is 1.83 bits per heavy atom. The van der Waals surface area contributed by atoms with Crippen LogP contribution in [-0.2, 0) is 11.5 Å². The molecular weight excluding hydrogens is 155 g/mol. The number of rotatable bonds is 1. The van der Waals surface area contributed by atoms with Crippen molar-refractivity contribution in [2.24, 2.45) is 0 Å². The first-order valence-electron chi connectivity index (χ1n) is 1.09. The Kier molecular flexibility index (Phi) is 1.67. The van der Waals surface area contributed by atoms with Crippen molar-refractivity contribution < 1.29 is 15.7 Å². The molecule has 0 radical (unpaired) electrons. The van der Waals surface area contributed by atoms with Gasteiger partial charge in [0.1, 0.15) is 0 Å². The second-order valence-electron chi connectivity index (χ2n) is 0.594. The summed E-state index contributed by atoms with van der Waals surface area (Å²) >= 11 is -4.78. The van der Waals surface area contributed by atoms with Crippen LogP contribution < -0.4 is 0 Å². The second kappa shape index (κ2) is 1.66. The van der Waals surface area contributed by atoms with E-state index in [4.69, 9.17) is 4.19 Å². The van der Waals surface area contributed by atoms with Crippen molar-refractivity contribution in [3.63, 3.8) is 0 Å². The van der Waals surface area contributed by atoms with Crippen LogP contribution in [0, 0.1) is 0 Å². The fraction of sp³-hybridized carbons (Fsp3) is 1.00. The third-order valence-corrected chi connectivity index (χ3v) is 1.09. The molecule has 5 heteroatoms. The molecule has 0 aliphatic heterocycles. The van der Waals surface area contributed by atoms with Crippen LogP contribution in [0.1, 0.15) is 0 Å². The van der Waals surface area contributed by atoms with E-state index in [0.717, 1.165) is 7.11 Å². The van der Waals surface area contributed by atoms with Gasteiger partial charge in [-0.25, -0.2) is 0 Å². The van der Waals surface area contributed by atoms with Crippen LogP contribution in [0.15, 0.2) is 0 Å². The molecule has 0 bridgehead atoms. The summed E-state index contributed by atoms with van der Waals surface area (Å²) in [4.78, 5) is 0. The zero-order chi connectivity index (χ0) is 5.21. The zero-order valence-corrected chi connectivity index (χ0v) is 4.79. The van der Waals surface area contributed by atoms with Gasteiger partial charge in [-0.3, -0.25) is 0 Å². The van der Waals surface area contributed by atoms with Gasteiger partial charge in [0.25, 0.3) is 0 Å². The van der Waals surface area contributed by atoms with Crippen LogP contribution in [0.4, 0.5) is 0 Å². The molecule has 0 rings (SSSR count).